The van der Waals surface area contributed by atoms with E-state index in [1.54, 1.807) is 28.9 Å². The molecule has 6 aromatic heterocycles. The fourth-order valence-electron chi connectivity index (χ4n) is 16.6. The van der Waals surface area contributed by atoms with Crippen LogP contribution >= 0.6 is 34.0 Å². The van der Waals surface area contributed by atoms with Crippen molar-refractivity contribution in [3.05, 3.63) is 124 Å². The minimum Gasteiger partial charge on any atom is -0.472 e. The Balaban J connectivity index is 0.000000504. The molecule has 21 heteroatoms. The Morgan fingerprint density at radius 1 is 0.474 bits per heavy atom. The molecule has 1 saturated carbocycles. The predicted molar refractivity (Wildman–Crippen MR) is 591 cm³/mol. The Kier molecular flexibility index (Phi) is 64.0. The average molecular weight is 1960 g/mol. The van der Waals surface area contributed by atoms with Crippen LogP contribution in [0.15, 0.2) is 101 Å². The Labute approximate surface area is 845 Å². The summed E-state index contributed by atoms with van der Waals surface area (Å²) >= 11 is 5.21. The molecule has 0 bridgehead atoms. The van der Waals surface area contributed by atoms with Crippen molar-refractivity contribution in [1.82, 2.24) is 48.4 Å². The molecule has 6 aromatic rings. The van der Waals surface area contributed by atoms with Crippen LogP contribution in [-0.4, -0.2) is 208 Å². The standard InChI is InChI=1S/C14H29N.C13H27N.C11H23NO.C11H19NS.C11H17N.C10H12N2S.C10H21NO3S.C10H20O.C9H13NO.C9H19N.C6H9NS/c1-5-10-15-11-7-13(8-12-15)6-9-14(2,3)4;1-4-9-14-10-7-13(8-11-14)6-5-12(2)3;1-4-7-12-8-5-11(6-9-12)13-10(2)3;1-5-12(6-2)11-7-10(8-13-11)9(3)4;1-11(2,3)8-7-10-6-4-5-9-12-10;1-8(2)9-7-13-10(11-9)12-5-3-4-6-12;1-10(2,3)14-9-5-7-11(8-6-9)15(4,12)13;1-10(2,3)11-9-7-5-4-6-8-9;1-9(2,3)11-8-6-4-5-7-10-8;1-9(2,3)10-7-5-4-6-8-10;1-5(2)6-3-8-4-7-6/h13H,5-12H2,1-4H3;12-13H,4-11H2,1-3H3;10-11H,4-9H2,1-3H3;7-9H,5-6H2,1-4H3;4-6,9H,7-8H2,1-3H3;3-8H,1-2H3;9H,5-8H2,1-4H3;9H,4-8H2,1-3H3;4-7H,1-3H3;4-8H2,1-3H3;3-5H,1-2H3. The lowest BCUT2D eigenvalue weighted by molar-refractivity contribution is -0.0761. The van der Waals surface area contributed by atoms with Crippen molar-refractivity contribution in [3.8, 4) is 11.0 Å². The summed E-state index contributed by atoms with van der Waals surface area (Å²) in [6.45, 7) is 90.3. The molecule has 5 aliphatic heterocycles. The van der Waals surface area contributed by atoms with E-state index in [2.05, 4.69) is 260 Å². The fourth-order valence-corrected chi connectivity index (χ4v) is 20.3. The van der Waals surface area contributed by atoms with Gasteiger partial charge in [-0.2, -0.15) is 0 Å². The number of likely N-dealkylation sites (tertiary alicyclic amines) is 4. The number of aromatic nitrogens is 5. The van der Waals surface area contributed by atoms with Gasteiger partial charge in [0, 0.05) is 92.1 Å². The lowest BCUT2D eigenvalue weighted by atomic mass is 9.83. The van der Waals surface area contributed by atoms with E-state index in [1.807, 2.05) is 124 Å². The average Bonchev–Trinajstić information content (AvgIpc) is 1.18. The van der Waals surface area contributed by atoms with Crippen molar-refractivity contribution >= 4 is 49.0 Å². The van der Waals surface area contributed by atoms with Crippen molar-refractivity contribution in [3.63, 3.8) is 0 Å². The first-order valence-electron chi connectivity index (χ1n) is 53.4. The van der Waals surface area contributed by atoms with Gasteiger partial charge >= 0.3 is 0 Å². The number of rotatable bonds is 26. The Morgan fingerprint density at radius 2 is 0.948 bits per heavy atom. The number of ether oxygens (including phenoxy) is 4. The number of piperidine rings is 5. The highest BCUT2D eigenvalue weighted by atomic mass is 32.2. The molecule has 0 spiro atoms. The smallest absolute Gasteiger partial charge is 0.213 e. The molecule has 0 aromatic carbocycles. The third-order valence-corrected chi connectivity index (χ3v) is 28.3. The van der Waals surface area contributed by atoms with Crippen LogP contribution < -0.4 is 9.64 Å². The van der Waals surface area contributed by atoms with E-state index in [0.717, 1.165) is 55.2 Å². The third kappa shape index (κ3) is 64.8. The second-order valence-corrected chi connectivity index (χ2v) is 50.8. The summed E-state index contributed by atoms with van der Waals surface area (Å²) in [6.07, 6.45) is 43.2. The summed E-state index contributed by atoms with van der Waals surface area (Å²) < 4.78 is 49.1. The molecule has 0 amide bonds. The van der Waals surface area contributed by atoms with Gasteiger partial charge in [-0.15, -0.1) is 34.0 Å². The summed E-state index contributed by atoms with van der Waals surface area (Å²) in [4.78, 5) is 29.8. The summed E-state index contributed by atoms with van der Waals surface area (Å²) in [6, 6.07) is 18.1. The first-order valence-corrected chi connectivity index (χ1v) is 58.0. The van der Waals surface area contributed by atoms with E-state index < -0.39 is 10.0 Å². The number of hydrogen-bond acceptors (Lipinski definition) is 18. The van der Waals surface area contributed by atoms with E-state index in [-0.39, 0.29) is 22.9 Å². The van der Waals surface area contributed by atoms with E-state index in [1.165, 1.54) is 251 Å². The summed E-state index contributed by atoms with van der Waals surface area (Å²) in [5.41, 5.74) is 8.02. The van der Waals surface area contributed by atoms with Crippen LogP contribution in [0.5, 0.6) is 5.88 Å². The lowest BCUT2D eigenvalue weighted by Crippen LogP contribution is -2.44. The van der Waals surface area contributed by atoms with E-state index in [9.17, 15) is 8.42 Å². The van der Waals surface area contributed by atoms with Crippen LogP contribution in [0.4, 0.5) is 5.00 Å². The van der Waals surface area contributed by atoms with Gasteiger partial charge in [0.05, 0.1) is 63.8 Å². The summed E-state index contributed by atoms with van der Waals surface area (Å²) in [7, 11) is -3.02. The highest BCUT2D eigenvalue weighted by Crippen LogP contribution is 2.33. The molecule has 12 rings (SSSR count). The number of thiophene rings is 1. The van der Waals surface area contributed by atoms with Crippen molar-refractivity contribution in [2.24, 2.45) is 28.6 Å². The summed E-state index contributed by atoms with van der Waals surface area (Å²) in [5, 5.41) is 8.95. The third-order valence-electron chi connectivity index (χ3n) is 24.5. The van der Waals surface area contributed by atoms with Crippen molar-refractivity contribution in [2.45, 2.75) is 454 Å². The number of thiazole rings is 2. The van der Waals surface area contributed by atoms with Crippen LogP contribution in [0.2, 0.25) is 0 Å². The van der Waals surface area contributed by atoms with Gasteiger partial charge in [0.2, 0.25) is 15.9 Å². The van der Waals surface area contributed by atoms with Crippen LogP contribution in [0.25, 0.3) is 5.13 Å². The maximum atomic E-state index is 11.3. The number of aryl methyl sites for hydroxylation is 1. The van der Waals surface area contributed by atoms with Crippen LogP contribution in [0.3, 0.4) is 0 Å². The molecule has 780 valence electrons. The highest BCUT2D eigenvalue weighted by Gasteiger charge is 2.30. The van der Waals surface area contributed by atoms with Gasteiger partial charge in [0.15, 0.2) is 5.13 Å². The molecule has 11 heterocycles. The topological polar surface area (TPSA) is 147 Å². The monoisotopic (exact) mass is 1960 g/mol. The lowest BCUT2D eigenvalue weighted by Gasteiger charge is -2.38. The maximum absolute atomic E-state index is 11.3. The van der Waals surface area contributed by atoms with E-state index in [0.29, 0.717) is 71.4 Å². The van der Waals surface area contributed by atoms with Crippen LogP contribution in [0, 0.1) is 28.6 Å². The zero-order chi connectivity index (χ0) is 101. The molecule has 0 unspecified atom stereocenters. The van der Waals surface area contributed by atoms with Gasteiger partial charge in [-0.25, -0.2) is 27.7 Å². The molecule has 17 nitrogen and oxygen atoms in total. The molecule has 6 fully saturated rings. The fraction of sp³-hybridized carbons (Fsp3) is 0.789. The van der Waals surface area contributed by atoms with Gasteiger partial charge in [0.1, 0.15) is 5.60 Å². The molecular weight excluding hydrogens is 1750 g/mol. The predicted octanol–water partition coefficient (Wildman–Crippen LogP) is 30.8. The Morgan fingerprint density at radius 3 is 1.32 bits per heavy atom. The largest absolute Gasteiger partial charge is 0.472 e. The van der Waals surface area contributed by atoms with E-state index in [4.69, 9.17) is 18.9 Å². The summed E-state index contributed by atoms with van der Waals surface area (Å²) in [5.74, 6) is 5.37. The molecule has 6 aliphatic rings. The highest BCUT2D eigenvalue weighted by molar-refractivity contribution is 7.88. The van der Waals surface area contributed by atoms with Gasteiger partial charge in [-0.1, -0.05) is 168 Å². The Hall–Kier alpha value is -4.23. The molecule has 135 heavy (non-hydrogen) atoms. The number of hydrogen-bond donors (Lipinski definition) is 0. The molecule has 0 atom stereocenters. The van der Waals surface area contributed by atoms with E-state index >= 15 is 0 Å². The SMILES string of the molecule is CC(C)(C)CCc1ccccn1.CC(C)(C)N1CCCCC1.CC(C)(C)OC1CCCCC1.CC(C)(C)OC1CCN(S(C)(=O)=O)CC1.CC(C)(C)Oc1ccccn1.CC(C)c1csc(-n2cccc2)n1.CC(C)c1cscn1.CCCN1CCC(CCC(C)(C)C)CC1.CCCN1CCC(CCC(C)C)CC1.CCCN1CCC(OC(C)C)CC1.CCN(CC)c1cc(C(C)C)cs1. The maximum Gasteiger partial charge on any atom is 0.213 e. The number of sulfonamides is 1. The zero-order valence-electron chi connectivity index (χ0n) is 93.4. The molecule has 1 aliphatic carbocycles. The molecule has 0 N–H and O–H groups in total. The van der Waals surface area contributed by atoms with Gasteiger partial charge < -0.3 is 43.1 Å². The van der Waals surface area contributed by atoms with Gasteiger partial charge in [0.25, 0.3) is 0 Å². The van der Waals surface area contributed by atoms with Crippen molar-refractivity contribution < 1.29 is 27.4 Å². The van der Waals surface area contributed by atoms with Gasteiger partial charge in [-0.05, 0) is 385 Å². The Bertz CT molecular complexity index is 3840. The van der Waals surface area contributed by atoms with Crippen LogP contribution in [0.1, 0.15) is 423 Å². The number of anilines is 1. The number of pyridine rings is 2. The molecular formula is C114H209N11O6S4. The first kappa shape index (κ1) is 127. The quantitative estimate of drug-likeness (QED) is 0.0507. The minimum atomic E-state index is -3.02. The van der Waals surface area contributed by atoms with Crippen molar-refractivity contribution in [2.75, 3.05) is 109 Å². The minimum absolute atomic E-state index is 0.0575. The molecule has 0 radical (unpaired) electrons. The zero-order valence-corrected chi connectivity index (χ0v) is 96.6. The second-order valence-electron chi connectivity index (χ2n) is 46.3. The second kappa shape index (κ2) is 68.1. The van der Waals surface area contributed by atoms with Gasteiger partial charge in [-0.3, -0.25) is 9.88 Å². The van der Waals surface area contributed by atoms with Crippen molar-refractivity contribution in [1.29, 1.82) is 0 Å². The van der Waals surface area contributed by atoms with Crippen LogP contribution in [-0.2, 0) is 30.7 Å². The first-order chi connectivity index (χ1) is 63.2. The number of nitrogens with zero attached hydrogens (tertiary/aromatic N) is 11. The molecule has 5 saturated heterocycles. The normalized spacial score (nSPS) is 17.1.